The molecule has 0 saturated carbocycles. The summed E-state index contributed by atoms with van der Waals surface area (Å²) in [6, 6.07) is 11.1. The standard InChI is InChI=1S/C22H24N4O5/c1-13-6-5-7-16(10-13)26-17-11-15(9-8-14(17)12-23-26)24-19(27)18(20(28)29)25-21(30)31-22(2,3)4/h5-12,18H,1-4H3,(H,24,27)(H,25,30)(H,28,29). The Morgan fingerprint density at radius 2 is 1.87 bits per heavy atom. The summed E-state index contributed by atoms with van der Waals surface area (Å²) in [5.74, 6) is -2.41. The summed E-state index contributed by atoms with van der Waals surface area (Å²) in [7, 11) is 0. The lowest BCUT2D eigenvalue weighted by Gasteiger charge is -2.21. The number of amides is 2. The van der Waals surface area contributed by atoms with E-state index in [1.54, 1.807) is 49.8 Å². The van der Waals surface area contributed by atoms with Gasteiger partial charge in [-0.3, -0.25) is 10.1 Å². The minimum absolute atomic E-state index is 0.365. The maximum Gasteiger partial charge on any atom is 0.408 e. The van der Waals surface area contributed by atoms with Crippen LogP contribution in [0.5, 0.6) is 0 Å². The molecule has 0 aliphatic rings. The van der Waals surface area contributed by atoms with Crippen molar-refractivity contribution in [2.24, 2.45) is 0 Å². The Morgan fingerprint density at radius 1 is 1.13 bits per heavy atom. The number of hydrogen-bond acceptors (Lipinski definition) is 5. The van der Waals surface area contributed by atoms with Gasteiger partial charge in [0, 0.05) is 11.1 Å². The van der Waals surface area contributed by atoms with E-state index in [9.17, 15) is 19.5 Å². The molecule has 2 amide bonds. The Hall–Kier alpha value is -3.88. The van der Waals surface area contributed by atoms with E-state index in [-0.39, 0.29) is 0 Å². The molecule has 1 aromatic heterocycles. The lowest BCUT2D eigenvalue weighted by atomic mass is 10.2. The quantitative estimate of drug-likeness (QED) is 0.541. The number of nitrogens with zero attached hydrogens (tertiary/aromatic N) is 2. The zero-order valence-corrected chi connectivity index (χ0v) is 17.7. The molecule has 0 saturated heterocycles. The fraction of sp³-hybridized carbons (Fsp3) is 0.273. The van der Waals surface area contributed by atoms with Crippen molar-refractivity contribution in [2.75, 3.05) is 5.32 Å². The summed E-state index contributed by atoms with van der Waals surface area (Å²) in [4.78, 5) is 36.0. The van der Waals surface area contributed by atoms with Crippen molar-refractivity contribution in [1.29, 1.82) is 0 Å². The number of carbonyl (C=O) groups is 3. The van der Waals surface area contributed by atoms with Crippen LogP contribution in [0, 0.1) is 6.92 Å². The van der Waals surface area contributed by atoms with E-state index in [0.717, 1.165) is 22.2 Å². The number of aryl methyl sites for hydroxylation is 1. The maximum absolute atomic E-state index is 12.5. The molecule has 0 aliphatic heterocycles. The topological polar surface area (TPSA) is 123 Å². The lowest BCUT2D eigenvalue weighted by Crippen LogP contribution is -2.50. The molecule has 9 nitrogen and oxygen atoms in total. The monoisotopic (exact) mass is 424 g/mol. The molecule has 3 N–H and O–H groups in total. The Balaban J connectivity index is 1.83. The molecule has 0 spiro atoms. The summed E-state index contributed by atoms with van der Waals surface area (Å²) in [5, 5.41) is 19.2. The van der Waals surface area contributed by atoms with Crippen LogP contribution in [0.3, 0.4) is 0 Å². The van der Waals surface area contributed by atoms with E-state index in [4.69, 9.17) is 4.74 Å². The van der Waals surface area contributed by atoms with Crippen LogP contribution < -0.4 is 10.6 Å². The molecule has 2 aromatic carbocycles. The van der Waals surface area contributed by atoms with Gasteiger partial charge in [0.25, 0.3) is 5.91 Å². The predicted octanol–water partition coefficient (Wildman–Crippen LogP) is 3.25. The molecule has 3 rings (SSSR count). The Labute approximate surface area is 179 Å². The highest BCUT2D eigenvalue weighted by molar-refractivity contribution is 6.09. The van der Waals surface area contributed by atoms with Crippen molar-refractivity contribution in [3.63, 3.8) is 0 Å². The number of aliphatic carboxylic acids is 1. The van der Waals surface area contributed by atoms with Crippen molar-refractivity contribution in [3.8, 4) is 5.69 Å². The highest BCUT2D eigenvalue weighted by atomic mass is 16.6. The first-order valence-corrected chi connectivity index (χ1v) is 9.61. The number of aromatic nitrogens is 2. The first kappa shape index (κ1) is 21.8. The number of carboxylic acids is 1. The molecular weight excluding hydrogens is 400 g/mol. The van der Waals surface area contributed by atoms with Gasteiger partial charge < -0.3 is 15.2 Å². The van der Waals surface area contributed by atoms with Crippen molar-refractivity contribution in [3.05, 3.63) is 54.2 Å². The number of rotatable bonds is 5. The average molecular weight is 424 g/mol. The van der Waals surface area contributed by atoms with Crippen LogP contribution in [-0.4, -0.2) is 44.5 Å². The van der Waals surface area contributed by atoms with Gasteiger partial charge in [-0.1, -0.05) is 12.1 Å². The summed E-state index contributed by atoms with van der Waals surface area (Å²) in [6.07, 6.45) is 0.705. The molecule has 0 bridgehead atoms. The molecule has 1 unspecified atom stereocenters. The summed E-state index contributed by atoms with van der Waals surface area (Å²) < 4.78 is 6.76. The second-order valence-electron chi connectivity index (χ2n) is 8.08. The molecule has 31 heavy (non-hydrogen) atoms. The van der Waals surface area contributed by atoms with Gasteiger partial charge in [0.2, 0.25) is 6.04 Å². The SMILES string of the molecule is Cc1cccc(-n2ncc3ccc(NC(=O)C(NC(=O)OC(C)(C)C)C(=O)O)cc32)c1. The minimum atomic E-state index is -1.81. The second-order valence-corrected chi connectivity index (χ2v) is 8.08. The van der Waals surface area contributed by atoms with Gasteiger partial charge in [0.05, 0.1) is 17.4 Å². The van der Waals surface area contributed by atoms with Crippen LogP contribution in [0.25, 0.3) is 16.6 Å². The normalized spacial score (nSPS) is 12.3. The first-order valence-electron chi connectivity index (χ1n) is 9.61. The zero-order valence-electron chi connectivity index (χ0n) is 17.7. The third-order valence-corrected chi connectivity index (χ3v) is 4.25. The third kappa shape index (κ3) is 5.39. The van der Waals surface area contributed by atoms with Crippen LogP contribution >= 0.6 is 0 Å². The lowest BCUT2D eigenvalue weighted by molar-refractivity contribution is -0.142. The summed E-state index contributed by atoms with van der Waals surface area (Å²) >= 11 is 0. The number of anilines is 1. The minimum Gasteiger partial charge on any atom is -0.479 e. The van der Waals surface area contributed by atoms with Crippen LogP contribution in [0.1, 0.15) is 26.3 Å². The molecule has 1 atom stereocenters. The van der Waals surface area contributed by atoms with E-state index in [0.29, 0.717) is 5.69 Å². The molecule has 9 heteroatoms. The van der Waals surface area contributed by atoms with Gasteiger partial charge in [-0.15, -0.1) is 0 Å². The van der Waals surface area contributed by atoms with Gasteiger partial charge in [0.1, 0.15) is 5.60 Å². The largest absolute Gasteiger partial charge is 0.479 e. The maximum atomic E-state index is 12.5. The van der Waals surface area contributed by atoms with Gasteiger partial charge in [-0.05, 0) is 63.6 Å². The predicted molar refractivity (Wildman–Crippen MR) is 115 cm³/mol. The Morgan fingerprint density at radius 3 is 2.52 bits per heavy atom. The average Bonchev–Trinajstić information content (AvgIpc) is 3.07. The Kier molecular flexibility index (Phi) is 5.96. The van der Waals surface area contributed by atoms with Gasteiger partial charge in [-0.25, -0.2) is 14.3 Å². The van der Waals surface area contributed by atoms with Gasteiger partial charge >= 0.3 is 12.1 Å². The number of benzene rings is 2. The highest BCUT2D eigenvalue weighted by Crippen LogP contribution is 2.23. The zero-order chi connectivity index (χ0) is 22.8. The number of carboxylic acid groups (broad SMARTS) is 1. The summed E-state index contributed by atoms with van der Waals surface area (Å²) in [6.45, 7) is 6.88. The van der Waals surface area contributed by atoms with E-state index >= 15 is 0 Å². The number of ether oxygens (including phenoxy) is 1. The molecule has 3 aromatic rings. The number of carbonyl (C=O) groups excluding carboxylic acids is 2. The van der Waals surface area contributed by atoms with Gasteiger partial charge in [0.15, 0.2) is 0 Å². The number of fused-ring (bicyclic) bond motifs is 1. The fourth-order valence-corrected chi connectivity index (χ4v) is 2.94. The third-order valence-electron chi connectivity index (χ3n) is 4.25. The molecule has 162 valence electrons. The first-order chi connectivity index (χ1) is 14.5. The smallest absolute Gasteiger partial charge is 0.408 e. The van der Waals surface area contributed by atoms with E-state index in [1.807, 2.05) is 31.2 Å². The van der Waals surface area contributed by atoms with Crippen molar-refractivity contribution in [1.82, 2.24) is 15.1 Å². The Bertz CT molecular complexity index is 1150. The van der Waals surface area contributed by atoms with Crippen LogP contribution in [-0.2, 0) is 14.3 Å². The van der Waals surface area contributed by atoms with Crippen molar-refractivity contribution in [2.45, 2.75) is 39.3 Å². The van der Waals surface area contributed by atoms with E-state index in [1.165, 1.54) is 0 Å². The van der Waals surface area contributed by atoms with Crippen LogP contribution in [0.2, 0.25) is 0 Å². The number of hydrogen-bond donors (Lipinski definition) is 3. The summed E-state index contributed by atoms with van der Waals surface area (Å²) in [5.41, 5.74) is 2.19. The van der Waals surface area contributed by atoms with Crippen LogP contribution in [0.4, 0.5) is 10.5 Å². The van der Waals surface area contributed by atoms with E-state index < -0.39 is 29.6 Å². The molecular formula is C22H24N4O5. The highest BCUT2D eigenvalue weighted by Gasteiger charge is 2.30. The van der Waals surface area contributed by atoms with Crippen LogP contribution in [0.15, 0.2) is 48.7 Å². The number of nitrogens with one attached hydrogen (secondary N) is 2. The van der Waals surface area contributed by atoms with Gasteiger partial charge in [-0.2, -0.15) is 5.10 Å². The van der Waals surface area contributed by atoms with Crippen molar-refractivity contribution >= 4 is 34.6 Å². The fourth-order valence-electron chi connectivity index (χ4n) is 2.94. The van der Waals surface area contributed by atoms with E-state index in [2.05, 4.69) is 15.7 Å². The molecule has 0 radical (unpaired) electrons. The number of alkyl carbamates (subject to hydrolysis) is 1. The molecule has 0 fully saturated rings. The second kappa shape index (κ2) is 8.47. The van der Waals surface area contributed by atoms with Crippen molar-refractivity contribution < 1.29 is 24.2 Å². The molecule has 1 heterocycles. The molecule has 0 aliphatic carbocycles.